The average molecular weight is 285 g/mol. The summed E-state index contributed by atoms with van der Waals surface area (Å²) in [7, 11) is 0. The quantitative estimate of drug-likeness (QED) is 0.858. The fraction of sp³-hybridized carbons (Fsp3) is 0.353. The number of halogens is 1. The summed E-state index contributed by atoms with van der Waals surface area (Å²) in [6.45, 7) is 3.14. The highest BCUT2D eigenvalue weighted by atomic mass is 19.1. The van der Waals surface area contributed by atoms with E-state index >= 15 is 0 Å². The molecule has 0 spiro atoms. The molecule has 0 atom stereocenters. The Morgan fingerprint density at radius 1 is 1.19 bits per heavy atom. The normalized spacial score (nSPS) is 17.6. The molecule has 21 heavy (non-hydrogen) atoms. The molecule has 3 nitrogen and oxygen atoms in total. The molecule has 0 N–H and O–H groups in total. The molecule has 1 aromatic carbocycles. The van der Waals surface area contributed by atoms with E-state index in [0.29, 0.717) is 6.04 Å². The summed E-state index contributed by atoms with van der Waals surface area (Å²) in [6.07, 6.45) is 10.4. The lowest BCUT2D eigenvalue weighted by Crippen LogP contribution is -2.34. The summed E-state index contributed by atoms with van der Waals surface area (Å²) in [4.78, 5) is 2.44. The summed E-state index contributed by atoms with van der Waals surface area (Å²) < 4.78 is 14.9. The number of likely N-dealkylation sites (tertiary alicyclic amines) is 1. The van der Waals surface area contributed by atoms with E-state index in [1.807, 2.05) is 12.3 Å². The van der Waals surface area contributed by atoms with Crippen LogP contribution in [0.1, 0.15) is 24.4 Å². The molecule has 4 heteroatoms. The van der Waals surface area contributed by atoms with Crippen LogP contribution in [0.25, 0.3) is 6.08 Å². The van der Waals surface area contributed by atoms with Crippen LogP contribution in [0.5, 0.6) is 0 Å². The van der Waals surface area contributed by atoms with Gasteiger partial charge in [0, 0.05) is 32.0 Å². The Morgan fingerprint density at radius 3 is 2.62 bits per heavy atom. The first-order chi connectivity index (χ1) is 10.3. The molecule has 3 rings (SSSR count). The van der Waals surface area contributed by atoms with Crippen molar-refractivity contribution in [1.82, 2.24) is 14.7 Å². The summed E-state index contributed by atoms with van der Waals surface area (Å²) in [5.41, 5.74) is 1.04. The number of hydrogen-bond acceptors (Lipinski definition) is 2. The van der Waals surface area contributed by atoms with Gasteiger partial charge in [0.25, 0.3) is 0 Å². The molecule has 0 amide bonds. The van der Waals surface area contributed by atoms with Crippen LogP contribution in [0, 0.1) is 5.82 Å². The minimum atomic E-state index is -0.187. The molecule has 1 aliphatic rings. The molecular formula is C17H20FN3. The fourth-order valence-electron chi connectivity index (χ4n) is 2.77. The Balaban J connectivity index is 1.46. The van der Waals surface area contributed by atoms with Crippen LogP contribution in [0.4, 0.5) is 4.39 Å². The highest BCUT2D eigenvalue weighted by Gasteiger charge is 2.19. The van der Waals surface area contributed by atoms with Gasteiger partial charge in [-0.1, -0.05) is 24.3 Å². The van der Waals surface area contributed by atoms with Crippen molar-refractivity contribution in [3.05, 3.63) is 60.2 Å². The third kappa shape index (κ3) is 3.79. The Bertz CT molecular complexity index is 567. The van der Waals surface area contributed by atoms with Gasteiger partial charge in [-0.3, -0.25) is 9.58 Å². The lowest BCUT2D eigenvalue weighted by atomic mass is 10.1. The van der Waals surface area contributed by atoms with Crippen LogP contribution in [0.2, 0.25) is 0 Å². The first-order valence-corrected chi connectivity index (χ1v) is 7.45. The maximum Gasteiger partial charge on any atom is 0.123 e. The van der Waals surface area contributed by atoms with Gasteiger partial charge in [-0.05, 0) is 36.6 Å². The standard InChI is InChI=1S/C17H20FN3/c18-16-6-4-15(5-7-16)3-1-11-20-13-8-17(9-14-20)21-12-2-10-19-21/h1-7,10,12,17H,8-9,11,13-14H2. The van der Waals surface area contributed by atoms with E-state index < -0.39 is 0 Å². The van der Waals surface area contributed by atoms with Gasteiger partial charge in [0.15, 0.2) is 0 Å². The number of benzene rings is 1. The molecule has 2 heterocycles. The van der Waals surface area contributed by atoms with Gasteiger partial charge in [0.05, 0.1) is 6.04 Å². The van der Waals surface area contributed by atoms with E-state index in [9.17, 15) is 4.39 Å². The van der Waals surface area contributed by atoms with E-state index in [1.165, 1.54) is 12.1 Å². The minimum absolute atomic E-state index is 0.187. The zero-order valence-electron chi connectivity index (χ0n) is 12.0. The second-order valence-corrected chi connectivity index (χ2v) is 5.47. The SMILES string of the molecule is Fc1ccc(C=CCN2CCC(n3cccn3)CC2)cc1. The van der Waals surface area contributed by atoms with Gasteiger partial charge >= 0.3 is 0 Å². The molecule has 1 aromatic heterocycles. The zero-order valence-corrected chi connectivity index (χ0v) is 12.0. The summed E-state index contributed by atoms with van der Waals surface area (Å²) in [6, 6.07) is 9.12. The highest BCUT2D eigenvalue weighted by molar-refractivity contribution is 5.48. The second-order valence-electron chi connectivity index (χ2n) is 5.47. The Hall–Kier alpha value is -1.94. The maximum atomic E-state index is 12.8. The lowest BCUT2D eigenvalue weighted by Gasteiger charge is -2.31. The zero-order chi connectivity index (χ0) is 14.5. The molecule has 1 aliphatic heterocycles. The molecule has 1 fully saturated rings. The van der Waals surface area contributed by atoms with Crippen molar-refractivity contribution in [2.75, 3.05) is 19.6 Å². The molecule has 2 aromatic rings. The summed E-state index contributed by atoms with van der Waals surface area (Å²) in [5, 5.41) is 4.33. The van der Waals surface area contributed by atoms with Crippen molar-refractivity contribution in [2.24, 2.45) is 0 Å². The third-order valence-corrected chi connectivity index (χ3v) is 4.00. The largest absolute Gasteiger partial charge is 0.300 e. The summed E-state index contributed by atoms with van der Waals surface area (Å²) in [5.74, 6) is -0.187. The van der Waals surface area contributed by atoms with E-state index in [2.05, 4.69) is 33.0 Å². The van der Waals surface area contributed by atoms with Gasteiger partial charge < -0.3 is 0 Å². The fourth-order valence-corrected chi connectivity index (χ4v) is 2.77. The molecule has 0 unspecified atom stereocenters. The number of hydrogen-bond donors (Lipinski definition) is 0. The molecule has 0 aliphatic carbocycles. The molecule has 0 bridgehead atoms. The smallest absolute Gasteiger partial charge is 0.123 e. The first kappa shape index (κ1) is 14.0. The Morgan fingerprint density at radius 2 is 1.95 bits per heavy atom. The predicted octanol–water partition coefficient (Wildman–Crippen LogP) is 3.37. The van der Waals surface area contributed by atoms with Crippen LogP contribution < -0.4 is 0 Å². The molecule has 110 valence electrons. The van der Waals surface area contributed by atoms with Crippen LogP contribution in [-0.2, 0) is 0 Å². The van der Waals surface area contributed by atoms with Gasteiger partial charge in [-0.25, -0.2) is 4.39 Å². The molecule has 1 saturated heterocycles. The first-order valence-electron chi connectivity index (χ1n) is 7.45. The Kier molecular flexibility index (Phi) is 4.46. The van der Waals surface area contributed by atoms with Crippen molar-refractivity contribution in [1.29, 1.82) is 0 Å². The topological polar surface area (TPSA) is 21.1 Å². The van der Waals surface area contributed by atoms with Gasteiger partial charge in [0.2, 0.25) is 0 Å². The van der Waals surface area contributed by atoms with Crippen LogP contribution in [0.15, 0.2) is 48.8 Å². The Labute approximate surface area is 124 Å². The predicted molar refractivity (Wildman–Crippen MR) is 82.4 cm³/mol. The second kappa shape index (κ2) is 6.68. The average Bonchev–Trinajstić information content (AvgIpc) is 3.04. The van der Waals surface area contributed by atoms with Crippen molar-refractivity contribution < 1.29 is 4.39 Å². The van der Waals surface area contributed by atoms with E-state index in [4.69, 9.17) is 0 Å². The number of nitrogens with zero attached hydrogens (tertiary/aromatic N) is 3. The number of aromatic nitrogens is 2. The maximum absolute atomic E-state index is 12.8. The van der Waals surface area contributed by atoms with Crippen LogP contribution in [-0.4, -0.2) is 34.3 Å². The van der Waals surface area contributed by atoms with E-state index in [0.717, 1.165) is 38.0 Å². The van der Waals surface area contributed by atoms with Crippen LogP contribution in [0.3, 0.4) is 0 Å². The minimum Gasteiger partial charge on any atom is -0.300 e. The van der Waals surface area contributed by atoms with E-state index in [1.54, 1.807) is 12.1 Å². The number of rotatable bonds is 4. The van der Waals surface area contributed by atoms with Gasteiger partial charge in [-0.15, -0.1) is 0 Å². The third-order valence-electron chi connectivity index (χ3n) is 4.00. The summed E-state index contributed by atoms with van der Waals surface area (Å²) >= 11 is 0. The van der Waals surface area contributed by atoms with Crippen molar-refractivity contribution >= 4 is 6.08 Å². The van der Waals surface area contributed by atoms with Gasteiger partial charge in [-0.2, -0.15) is 5.10 Å². The van der Waals surface area contributed by atoms with Crippen molar-refractivity contribution in [2.45, 2.75) is 18.9 Å². The molecule has 0 saturated carbocycles. The number of piperidine rings is 1. The molecular weight excluding hydrogens is 265 g/mol. The lowest BCUT2D eigenvalue weighted by molar-refractivity contribution is 0.195. The highest BCUT2D eigenvalue weighted by Crippen LogP contribution is 2.21. The monoisotopic (exact) mass is 285 g/mol. The van der Waals surface area contributed by atoms with E-state index in [-0.39, 0.29) is 5.82 Å². The van der Waals surface area contributed by atoms with Crippen LogP contribution >= 0.6 is 0 Å². The van der Waals surface area contributed by atoms with Crippen molar-refractivity contribution in [3.8, 4) is 0 Å². The van der Waals surface area contributed by atoms with Gasteiger partial charge in [0.1, 0.15) is 5.82 Å². The molecule has 0 radical (unpaired) electrons. The van der Waals surface area contributed by atoms with Crippen molar-refractivity contribution in [3.63, 3.8) is 0 Å².